The summed E-state index contributed by atoms with van der Waals surface area (Å²) in [6.45, 7) is 16.0. The van der Waals surface area contributed by atoms with E-state index in [1.807, 2.05) is 47.1 Å². The third-order valence-electron chi connectivity index (χ3n) is 3.39. The maximum Gasteiger partial charge on any atom is 0.410 e. The average molecular weight is 324 g/mol. The van der Waals surface area contributed by atoms with Crippen molar-refractivity contribution in [1.29, 1.82) is 0 Å². The summed E-state index contributed by atoms with van der Waals surface area (Å²) in [6, 6.07) is 0.496. The van der Waals surface area contributed by atoms with Gasteiger partial charge in [-0.2, -0.15) is 0 Å². The van der Waals surface area contributed by atoms with Gasteiger partial charge in [-0.25, -0.2) is 9.78 Å². The van der Waals surface area contributed by atoms with Crippen molar-refractivity contribution < 1.29 is 9.53 Å². The molecule has 0 aromatic carbocycles. The number of carbonyl (C=O) groups excluding carboxylic acids is 1. The van der Waals surface area contributed by atoms with Crippen molar-refractivity contribution in [2.45, 2.75) is 72.7 Å². The third-order valence-corrected chi connectivity index (χ3v) is 3.39. The van der Waals surface area contributed by atoms with Crippen LogP contribution in [-0.2, 0) is 11.3 Å². The van der Waals surface area contributed by atoms with E-state index in [4.69, 9.17) is 4.74 Å². The van der Waals surface area contributed by atoms with Crippen LogP contribution in [0, 0.1) is 0 Å². The Hall–Kier alpha value is -1.56. The minimum absolute atomic E-state index is 0.104. The molecule has 1 N–H and O–H groups in total. The molecule has 6 nitrogen and oxygen atoms in total. The molecule has 23 heavy (non-hydrogen) atoms. The highest BCUT2D eigenvalue weighted by Crippen LogP contribution is 2.12. The van der Waals surface area contributed by atoms with E-state index in [-0.39, 0.29) is 12.1 Å². The lowest BCUT2D eigenvalue weighted by Crippen LogP contribution is -2.44. The van der Waals surface area contributed by atoms with E-state index in [9.17, 15) is 4.79 Å². The molecule has 6 heteroatoms. The molecule has 132 valence electrons. The van der Waals surface area contributed by atoms with E-state index in [1.165, 1.54) is 0 Å². The highest BCUT2D eigenvalue weighted by atomic mass is 16.6. The fourth-order valence-electron chi connectivity index (χ4n) is 2.23. The first-order chi connectivity index (χ1) is 10.6. The van der Waals surface area contributed by atoms with Crippen molar-refractivity contribution in [3.05, 3.63) is 18.2 Å². The number of carbonyl (C=O) groups is 1. The molecule has 0 aliphatic heterocycles. The van der Waals surface area contributed by atoms with Gasteiger partial charge in [0.25, 0.3) is 0 Å². The number of rotatable bonds is 7. The Bertz CT molecular complexity index is 489. The molecule has 0 fully saturated rings. The van der Waals surface area contributed by atoms with Crippen molar-refractivity contribution in [3.63, 3.8) is 0 Å². The van der Waals surface area contributed by atoms with Crippen molar-refractivity contribution in [1.82, 2.24) is 19.8 Å². The zero-order valence-corrected chi connectivity index (χ0v) is 15.6. The van der Waals surface area contributed by atoms with Crippen LogP contribution in [0.2, 0.25) is 0 Å². The molecule has 0 aliphatic rings. The zero-order chi connectivity index (χ0) is 17.6. The molecule has 0 saturated carbocycles. The molecular weight excluding hydrogens is 292 g/mol. The molecule has 1 amide bonds. The van der Waals surface area contributed by atoms with Crippen LogP contribution in [0.25, 0.3) is 0 Å². The Kier molecular flexibility index (Phi) is 7.06. The first-order valence-electron chi connectivity index (χ1n) is 8.33. The fraction of sp³-hybridized carbons (Fsp3) is 0.765. The number of hydrogen-bond donors (Lipinski definition) is 1. The van der Waals surface area contributed by atoms with Crippen LogP contribution in [-0.4, -0.2) is 45.3 Å². The van der Waals surface area contributed by atoms with Gasteiger partial charge in [-0.1, -0.05) is 0 Å². The highest BCUT2D eigenvalue weighted by molar-refractivity contribution is 5.68. The summed E-state index contributed by atoms with van der Waals surface area (Å²) in [7, 11) is 0. The van der Waals surface area contributed by atoms with Crippen LogP contribution in [0.3, 0.4) is 0 Å². The predicted molar refractivity (Wildman–Crippen MR) is 92.4 cm³/mol. The summed E-state index contributed by atoms with van der Waals surface area (Å²) >= 11 is 0. The Morgan fingerprint density at radius 3 is 2.52 bits per heavy atom. The lowest BCUT2D eigenvalue weighted by molar-refractivity contribution is 0.0193. The molecule has 1 aromatic rings. The van der Waals surface area contributed by atoms with Crippen molar-refractivity contribution in [2.75, 3.05) is 13.1 Å². The van der Waals surface area contributed by atoms with Gasteiger partial charge >= 0.3 is 6.09 Å². The second kappa shape index (κ2) is 8.34. The lowest BCUT2D eigenvalue weighted by Gasteiger charge is -2.30. The number of aromatic nitrogens is 2. The van der Waals surface area contributed by atoms with Gasteiger partial charge in [-0.05, 0) is 48.5 Å². The van der Waals surface area contributed by atoms with E-state index in [1.54, 1.807) is 4.90 Å². The van der Waals surface area contributed by atoms with E-state index < -0.39 is 5.60 Å². The maximum absolute atomic E-state index is 12.2. The molecular formula is C17H32N4O2. The molecule has 0 spiro atoms. The molecule has 0 bridgehead atoms. The molecule has 1 rings (SSSR count). The van der Waals surface area contributed by atoms with Crippen LogP contribution in [0.4, 0.5) is 4.79 Å². The number of nitrogens with zero attached hydrogens (tertiary/aromatic N) is 3. The summed E-state index contributed by atoms with van der Waals surface area (Å²) in [4.78, 5) is 18.2. The van der Waals surface area contributed by atoms with Gasteiger partial charge in [0.1, 0.15) is 5.60 Å². The first-order valence-corrected chi connectivity index (χ1v) is 8.33. The Morgan fingerprint density at radius 2 is 2.00 bits per heavy atom. The topological polar surface area (TPSA) is 59.4 Å². The monoisotopic (exact) mass is 324 g/mol. The molecule has 0 aliphatic carbocycles. The second-order valence-corrected chi connectivity index (χ2v) is 7.33. The van der Waals surface area contributed by atoms with Gasteiger partial charge in [-0.15, -0.1) is 0 Å². The maximum atomic E-state index is 12.2. The van der Waals surface area contributed by atoms with Gasteiger partial charge in [0.15, 0.2) is 0 Å². The highest BCUT2D eigenvalue weighted by Gasteiger charge is 2.23. The van der Waals surface area contributed by atoms with Crippen molar-refractivity contribution in [2.24, 2.45) is 0 Å². The molecule has 0 radical (unpaired) electrons. The van der Waals surface area contributed by atoms with Crippen LogP contribution in [0.5, 0.6) is 0 Å². The van der Waals surface area contributed by atoms with Crippen molar-refractivity contribution in [3.8, 4) is 0 Å². The van der Waals surface area contributed by atoms with E-state index in [2.05, 4.69) is 28.7 Å². The molecule has 1 heterocycles. The number of hydrogen-bond acceptors (Lipinski definition) is 4. The van der Waals surface area contributed by atoms with E-state index in [0.717, 1.165) is 12.2 Å². The SMILES string of the molecule is CC(C)N(CCNCc1cncn1C(C)C)C(=O)OC(C)(C)C. The normalized spacial score (nSPS) is 12.0. The minimum Gasteiger partial charge on any atom is -0.444 e. The largest absolute Gasteiger partial charge is 0.444 e. The Labute approximate surface area is 140 Å². The fourth-order valence-corrected chi connectivity index (χ4v) is 2.23. The summed E-state index contributed by atoms with van der Waals surface area (Å²) in [6.07, 6.45) is 3.46. The third kappa shape index (κ3) is 6.60. The molecule has 1 aromatic heterocycles. The number of imidazole rings is 1. The van der Waals surface area contributed by atoms with E-state index in [0.29, 0.717) is 19.1 Å². The number of nitrogens with one attached hydrogen (secondary N) is 1. The standard InChI is InChI=1S/C17H32N4O2/c1-13(2)20(16(22)23-17(5,6)7)9-8-18-10-15-11-19-12-21(15)14(3)4/h11-14,18H,8-10H2,1-7H3. The summed E-state index contributed by atoms with van der Waals surface area (Å²) in [5.41, 5.74) is 0.676. The van der Waals surface area contributed by atoms with Gasteiger partial charge < -0.3 is 19.5 Å². The van der Waals surface area contributed by atoms with Gasteiger partial charge in [-0.3, -0.25) is 0 Å². The summed E-state index contributed by atoms with van der Waals surface area (Å²) in [5.74, 6) is 0. The Morgan fingerprint density at radius 1 is 1.35 bits per heavy atom. The van der Waals surface area contributed by atoms with Crippen LogP contribution in [0.1, 0.15) is 60.2 Å². The molecule has 0 saturated heterocycles. The summed E-state index contributed by atoms with van der Waals surface area (Å²) in [5, 5.41) is 3.38. The summed E-state index contributed by atoms with van der Waals surface area (Å²) < 4.78 is 7.60. The quantitative estimate of drug-likeness (QED) is 0.783. The first kappa shape index (κ1) is 19.5. The number of ether oxygens (including phenoxy) is 1. The zero-order valence-electron chi connectivity index (χ0n) is 15.6. The van der Waals surface area contributed by atoms with Crippen LogP contribution in [0.15, 0.2) is 12.5 Å². The average Bonchev–Trinajstić information content (AvgIpc) is 2.84. The Balaban J connectivity index is 2.47. The van der Waals surface area contributed by atoms with Crippen LogP contribution >= 0.6 is 0 Å². The lowest BCUT2D eigenvalue weighted by atomic mass is 10.2. The second-order valence-electron chi connectivity index (χ2n) is 7.33. The van der Waals surface area contributed by atoms with Crippen LogP contribution < -0.4 is 5.32 Å². The molecule has 0 unspecified atom stereocenters. The minimum atomic E-state index is -0.471. The predicted octanol–water partition coefficient (Wildman–Crippen LogP) is 3.20. The van der Waals surface area contributed by atoms with Gasteiger partial charge in [0.2, 0.25) is 0 Å². The van der Waals surface area contributed by atoms with Gasteiger partial charge in [0.05, 0.1) is 12.0 Å². The van der Waals surface area contributed by atoms with E-state index >= 15 is 0 Å². The molecule has 0 atom stereocenters. The van der Waals surface area contributed by atoms with Crippen molar-refractivity contribution >= 4 is 6.09 Å². The smallest absolute Gasteiger partial charge is 0.410 e. The number of amides is 1. The van der Waals surface area contributed by atoms with Gasteiger partial charge in [0, 0.05) is 37.9 Å².